The average molecular weight is 378 g/mol. The van der Waals surface area contributed by atoms with E-state index < -0.39 is 27.0 Å². The molecule has 0 radical (unpaired) electrons. The molecule has 1 amide bonds. The fourth-order valence-electron chi connectivity index (χ4n) is 2.30. The first-order chi connectivity index (χ1) is 11.7. The largest absolute Gasteiger partial charge is 0.442 e. The molecule has 25 heavy (non-hydrogen) atoms. The topological polar surface area (TPSA) is 108 Å². The number of rotatable bonds is 3. The van der Waals surface area contributed by atoms with Crippen molar-refractivity contribution in [2.45, 2.75) is 17.7 Å². The van der Waals surface area contributed by atoms with Crippen molar-refractivity contribution in [3.63, 3.8) is 0 Å². The van der Waals surface area contributed by atoms with Gasteiger partial charge in [0, 0.05) is 26.1 Å². The van der Waals surface area contributed by atoms with Crippen LogP contribution in [0.3, 0.4) is 0 Å². The second-order valence-corrected chi connectivity index (χ2v) is 7.16. The van der Waals surface area contributed by atoms with Gasteiger partial charge in [-0.15, -0.1) is 0 Å². The molecule has 0 spiro atoms. The summed E-state index contributed by atoms with van der Waals surface area (Å²) < 4.78 is 69.1. The van der Waals surface area contributed by atoms with Gasteiger partial charge in [-0.1, -0.05) is 0 Å². The summed E-state index contributed by atoms with van der Waals surface area (Å²) in [5.74, 6) is -0.372. The zero-order chi connectivity index (χ0) is 18.2. The molecule has 1 aliphatic heterocycles. The summed E-state index contributed by atoms with van der Waals surface area (Å²) in [6.45, 7) is 0.232. The van der Waals surface area contributed by atoms with Crippen LogP contribution in [-0.2, 0) is 21.0 Å². The number of furan rings is 1. The number of halogens is 3. The van der Waals surface area contributed by atoms with Crippen LogP contribution in [0.25, 0.3) is 11.5 Å². The minimum atomic E-state index is -4.60. The highest BCUT2D eigenvalue weighted by atomic mass is 32.2. The van der Waals surface area contributed by atoms with Crippen molar-refractivity contribution in [2.24, 2.45) is 0 Å². The number of hydrogen-bond acceptors (Lipinski definition) is 5. The van der Waals surface area contributed by atoms with E-state index in [2.05, 4.69) is 10.4 Å². The lowest BCUT2D eigenvalue weighted by Gasteiger charge is -2.17. The average Bonchev–Trinajstić information content (AvgIpc) is 3.14. The second kappa shape index (κ2) is 6.19. The molecule has 0 atom stereocenters. The Morgan fingerprint density at radius 2 is 2.00 bits per heavy atom. The van der Waals surface area contributed by atoms with E-state index in [0.29, 0.717) is 0 Å². The maximum absolute atomic E-state index is 12.6. The molecule has 1 saturated heterocycles. The lowest BCUT2D eigenvalue weighted by molar-refractivity contribution is -0.141. The Bertz CT molecular complexity index is 887. The van der Waals surface area contributed by atoms with Crippen molar-refractivity contribution >= 4 is 15.9 Å². The van der Waals surface area contributed by atoms with Gasteiger partial charge >= 0.3 is 6.18 Å². The number of sulfonamides is 1. The van der Waals surface area contributed by atoms with Crippen molar-refractivity contribution in [3.8, 4) is 11.5 Å². The Kier molecular flexibility index (Phi) is 4.33. The van der Waals surface area contributed by atoms with Gasteiger partial charge in [-0.3, -0.25) is 9.89 Å². The molecule has 3 heterocycles. The van der Waals surface area contributed by atoms with Crippen LogP contribution in [-0.4, -0.2) is 48.5 Å². The molecular formula is C13H13F3N4O4S. The predicted octanol–water partition coefficient (Wildman–Crippen LogP) is 1.20. The summed E-state index contributed by atoms with van der Waals surface area (Å²) in [5.41, 5.74) is -1.23. The third kappa shape index (κ3) is 3.54. The molecule has 136 valence electrons. The van der Waals surface area contributed by atoms with E-state index >= 15 is 0 Å². The van der Waals surface area contributed by atoms with Gasteiger partial charge in [-0.2, -0.15) is 22.6 Å². The molecule has 0 unspecified atom stereocenters. The van der Waals surface area contributed by atoms with Crippen molar-refractivity contribution in [3.05, 3.63) is 23.9 Å². The van der Waals surface area contributed by atoms with E-state index in [9.17, 15) is 26.4 Å². The summed E-state index contributed by atoms with van der Waals surface area (Å²) in [7, 11) is -4.00. The Balaban J connectivity index is 1.85. The summed E-state index contributed by atoms with van der Waals surface area (Å²) in [6.07, 6.45) is -4.58. The van der Waals surface area contributed by atoms with Gasteiger partial charge in [-0.05, 0) is 18.2 Å². The van der Waals surface area contributed by atoms with E-state index in [-0.39, 0.29) is 43.4 Å². The van der Waals surface area contributed by atoms with Gasteiger partial charge in [0.25, 0.3) is 10.0 Å². The van der Waals surface area contributed by atoms with Crippen LogP contribution >= 0.6 is 0 Å². The van der Waals surface area contributed by atoms with Crippen LogP contribution in [0.1, 0.15) is 12.1 Å². The molecule has 12 heteroatoms. The number of nitrogens with one attached hydrogen (secondary N) is 2. The normalized spacial score (nSPS) is 17.3. The number of aromatic amines is 1. The lowest BCUT2D eigenvalue weighted by Crippen LogP contribution is -2.34. The number of carbonyl (C=O) groups is 1. The van der Waals surface area contributed by atoms with Gasteiger partial charge in [0.05, 0.1) is 0 Å². The highest BCUT2D eigenvalue weighted by Crippen LogP contribution is 2.31. The molecule has 0 aromatic carbocycles. The van der Waals surface area contributed by atoms with Crippen LogP contribution in [0.2, 0.25) is 0 Å². The number of amides is 1. The maximum atomic E-state index is 12.6. The highest BCUT2D eigenvalue weighted by Gasteiger charge is 2.34. The molecule has 2 aromatic heterocycles. The zero-order valence-corrected chi connectivity index (χ0v) is 13.4. The highest BCUT2D eigenvalue weighted by molar-refractivity contribution is 7.89. The molecule has 3 rings (SSSR count). The number of H-pyrrole nitrogens is 1. The van der Waals surface area contributed by atoms with Gasteiger partial charge < -0.3 is 9.73 Å². The maximum Gasteiger partial charge on any atom is 0.432 e. The number of aromatic nitrogens is 2. The fourth-order valence-corrected chi connectivity index (χ4v) is 3.66. The molecule has 0 aliphatic carbocycles. The predicted molar refractivity (Wildman–Crippen MR) is 77.7 cm³/mol. The van der Waals surface area contributed by atoms with Gasteiger partial charge in [0.1, 0.15) is 11.4 Å². The van der Waals surface area contributed by atoms with E-state index in [1.165, 1.54) is 6.07 Å². The van der Waals surface area contributed by atoms with Gasteiger partial charge in [-0.25, -0.2) is 8.42 Å². The molecule has 2 aromatic rings. The van der Waals surface area contributed by atoms with Gasteiger partial charge in [0.2, 0.25) is 11.0 Å². The quantitative estimate of drug-likeness (QED) is 0.834. The molecular weight excluding hydrogens is 365 g/mol. The lowest BCUT2D eigenvalue weighted by atomic mass is 10.3. The molecule has 2 N–H and O–H groups in total. The smallest absolute Gasteiger partial charge is 0.432 e. The first kappa shape index (κ1) is 17.5. The zero-order valence-electron chi connectivity index (χ0n) is 12.6. The SMILES string of the molecule is O=C1CCN(S(=O)(=O)c2ccc(-c3cc(C(F)(F)F)[nH]n3)o2)CCN1. The second-order valence-electron chi connectivity index (χ2n) is 5.29. The van der Waals surface area contributed by atoms with Crippen LogP contribution < -0.4 is 5.32 Å². The number of alkyl halides is 3. The Morgan fingerprint density at radius 1 is 1.24 bits per heavy atom. The van der Waals surface area contributed by atoms with Gasteiger partial charge in [0.15, 0.2) is 5.76 Å². The number of carbonyl (C=O) groups excluding carboxylic acids is 1. The Hall–Kier alpha value is -2.34. The van der Waals surface area contributed by atoms with E-state index in [4.69, 9.17) is 4.42 Å². The monoisotopic (exact) mass is 378 g/mol. The van der Waals surface area contributed by atoms with E-state index in [1.807, 2.05) is 5.10 Å². The van der Waals surface area contributed by atoms with Crippen molar-refractivity contribution in [1.82, 2.24) is 19.8 Å². The summed E-state index contributed by atoms with van der Waals surface area (Å²) in [5, 5.41) is 7.44. The standard InChI is InChI=1S/C13H13F3N4O4S/c14-13(15,16)10-7-8(18-19-10)9-1-2-12(24-9)25(22,23)20-5-3-11(21)17-4-6-20/h1-2,7H,3-6H2,(H,17,21)(H,18,19). The first-order valence-electron chi connectivity index (χ1n) is 7.17. The molecule has 8 nitrogen and oxygen atoms in total. The van der Waals surface area contributed by atoms with E-state index in [1.54, 1.807) is 0 Å². The Morgan fingerprint density at radius 3 is 2.68 bits per heavy atom. The van der Waals surface area contributed by atoms with E-state index in [0.717, 1.165) is 16.4 Å². The summed E-state index contributed by atoms with van der Waals surface area (Å²) in [4.78, 5) is 11.3. The third-order valence-electron chi connectivity index (χ3n) is 3.58. The molecule has 0 saturated carbocycles. The van der Waals surface area contributed by atoms with Crippen LogP contribution in [0.5, 0.6) is 0 Å². The number of hydrogen-bond donors (Lipinski definition) is 2. The van der Waals surface area contributed by atoms with Crippen LogP contribution in [0, 0.1) is 0 Å². The third-order valence-corrected chi connectivity index (χ3v) is 5.36. The molecule has 0 bridgehead atoms. The Labute approximate surface area is 140 Å². The summed E-state index contributed by atoms with van der Waals surface area (Å²) >= 11 is 0. The van der Waals surface area contributed by atoms with Crippen molar-refractivity contribution < 1.29 is 30.8 Å². The molecule has 1 fully saturated rings. The minimum absolute atomic E-state index is 0.00910. The molecule has 1 aliphatic rings. The first-order valence-corrected chi connectivity index (χ1v) is 8.61. The van der Waals surface area contributed by atoms with Crippen molar-refractivity contribution in [2.75, 3.05) is 19.6 Å². The van der Waals surface area contributed by atoms with Crippen LogP contribution in [0.15, 0.2) is 27.7 Å². The minimum Gasteiger partial charge on any atom is -0.442 e. The van der Waals surface area contributed by atoms with Crippen LogP contribution in [0.4, 0.5) is 13.2 Å². The summed E-state index contributed by atoms with van der Waals surface area (Å²) in [6, 6.07) is 3.10. The van der Waals surface area contributed by atoms with Crippen molar-refractivity contribution in [1.29, 1.82) is 0 Å². The fraction of sp³-hybridized carbons (Fsp3) is 0.385. The number of nitrogens with zero attached hydrogens (tertiary/aromatic N) is 2.